The molecule has 116 valence electrons. The van der Waals surface area contributed by atoms with Gasteiger partial charge in [0, 0.05) is 5.92 Å². The van der Waals surface area contributed by atoms with Crippen LogP contribution in [0.5, 0.6) is 11.5 Å². The van der Waals surface area contributed by atoms with Crippen LogP contribution in [0.15, 0.2) is 54.6 Å². The Morgan fingerprint density at radius 3 is 2.36 bits per heavy atom. The standard InChI is InChI=1S/C20H24O2/c1-3-5-11-16(4-2)20(21)18-14-9-10-15-19(18)22-17-12-7-6-8-13-17/h6-10,12-16H,3-5,11H2,1-2H3/t16-/m0/s1. The molecule has 0 saturated carbocycles. The van der Waals surface area contributed by atoms with Gasteiger partial charge in [0.15, 0.2) is 5.78 Å². The molecular formula is C20H24O2. The molecule has 0 aromatic heterocycles. The van der Waals surface area contributed by atoms with Crippen molar-refractivity contribution in [3.8, 4) is 11.5 Å². The lowest BCUT2D eigenvalue weighted by atomic mass is 9.90. The van der Waals surface area contributed by atoms with Crippen LogP contribution < -0.4 is 4.74 Å². The number of unbranched alkanes of at least 4 members (excludes halogenated alkanes) is 1. The van der Waals surface area contributed by atoms with E-state index in [-0.39, 0.29) is 11.7 Å². The predicted octanol–water partition coefficient (Wildman–Crippen LogP) is 5.88. The number of hydrogen-bond donors (Lipinski definition) is 0. The third-order valence-electron chi connectivity index (χ3n) is 3.89. The number of ether oxygens (including phenoxy) is 1. The monoisotopic (exact) mass is 296 g/mol. The van der Waals surface area contributed by atoms with Crippen molar-refractivity contribution in [3.05, 3.63) is 60.2 Å². The van der Waals surface area contributed by atoms with Gasteiger partial charge in [0.25, 0.3) is 0 Å². The Balaban J connectivity index is 2.21. The smallest absolute Gasteiger partial charge is 0.169 e. The Morgan fingerprint density at radius 2 is 1.68 bits per heavy atom. The zero-order chi connectivity index (χ0) is 15.8. The van der Waals surface area contributed by atoms with Crippen molar-refractivity contribution in [3.63, 3.8) is 0 Å². The first-order valence-corrected chi connectivity index (χ1v) is 8.12. The van der Waals surface area contributed by atoms with Crippen molar-refractivity contribution in [2.45, 2.75) is 39.5 Å². The third kappa shape index (κ3) is 4.20. The van der Waals surface area contributed by atoms with Crippen molar-refractivity contribution in [1.29, 1.82) is 0 Å². The van der Waals surface area contributed by atoms with Crippen LogP contribution in [0.4, 0.5) is 0 Å². The number of rotatable bonds is 8. The minimum absolute atomic E-state index is 0.0838. The van der Waals surface area contributed by atoms with Gasteiger partial charge >= 0.3 is 0 Å². The van der Waals surface area contributed by atoms with Crippen LogP contribution >= 0.6 is 0 Å². The molecule has 2 heteroatoms. The number of carbonyl (C=O) groups is 1. The summed E-state index contributed by atoms with van der Waals surface area (Å²) in [6.07, 6.45) is 4.03. The van der Waals surface area contributed by atoms with E-state index in [0.29, 0.717) is 11.3 Å². The van der Waals surface area contributed by atoms with Gasteiger partial charge < -0.3 is 4.74 Å². The molecule has 2 rings (SSSR count). The van der Waals surface area contributed by atoms with Crippen LogP contribution in [0.2, 0.25) is 0 Å². The van der Waals surface area contributed by atoms with Crippen molar-refractivity contribution >= 4 is 5.78 Å². The van der Waals surface area contributed by atoms with E-state index < -0.39 is 0 Å². The summed E-state index contributed by atoms with van der Waals surface area (Å²) in [6, 6.07) is 17.1. The van der Waals surface area contributed by atoms with Gasteiger partial charge in [-0.15, -0.1) is 0 Å². The zero-order valence-electron chi connectivity index (χ0n) is 13.4. The van der Waals surface area contributed by atoms with Crippen LogP contribution in [-0.4, -0.2) is 5.78 Å². The van der Waals surface area contributed by atoms with E-state index >= 15 is 0 Å². The Kier molecular flexibility index (Phi) is 6.20. The van der Waals surface area contributed by atoms with E-state index in [4.69, 9.17) is 4.74 Å². The Bertz CT molecular complexity index is 590. The van der Waals surface area contributed by atoms with Gasteiger partial charge in [-0.2, -0.15) is 0 Å². The van der Waals surface area contributed by atoms with Crippen LogP contribution in [0, 0.1) is 5.92 Å². The molecule has 1 atom stereocenters. The highest BCUT2D eigenvalue weighted by atomic mass is 16.5. The molecule has 0 heterocycles. The number of carbonyl (C=O) groups excluding carboxylic acids is 1. The van der Waals surface area contributed by atoms with E-state index in [1.54, 1.807) is 0 Å². The van der Waals surface area contributed by atoms with Gasteiger partial charge in [-0.05, 0) is 37.1 Å². The normalized spacial score (nSPS) is 11.9. The molecule has 0 spiro atoms. The average molecular weight is 296 g/mol. The summed E-state index contributed by atoms with van der Waals surface area (Å²) in [5, 5.41) is 0. The molecule has 22 heavy (non-hydrogen) atoms. The molecule has 2 nitrogen and oxygen atoms in total. The lowest BCUT2D eigenvalue weighted by Gasteiger charge is -2.16. The summed E-state index contributed by atoms with van der Waals surface area (Å²) >= 11 is 0. The second kappa shape index (κ2) is 8.38. The molecular weight excluding hydrogens is 272 g/mol. The highest BCUT2D eigenvalue weighted by molar-refractivity contribution is 6.00. The molecule has 0 unspecified atom stereocenters. The highest BCUT2D eigenvalue weighted by Crippen LogP contribution is 2.29. The van der Waals surface area contributed by atoms with E-state index in [9.17, 15) is 4.79 Å². The largest absolute Gasteiger partial charge is 0.457 e. The first kappa shape index (κ1) is 16.3. The van der Waals surface area contributed by atoms with Crippen LogP contribution in [0.3, 0.4) is 0 Å². The molecule has 2 aromatic carbocycles. The van der Waals surface area contributed by atoms with Gasteiger partial charge in [0.1, 0.15) is 11.5 Å². The van der Waals surface area contributed by atoms with Gasteiger partial charge in [-0.25, -0.2) is 0 Å². The zero-order valence-corrected chi connectivity index (χ0v) is 13.4. The molecule has 0 radical (unpaired) electrons. The number of Topliss-reactive ketones (excluding diaryl/α,β-unsaturated/α-hetero) is 1. The molecule has 0 amide bonds. The molecule has 0 aliphatic rings. The first-order valence-electron chi connectivity index (χ1n) is 8.12. The van der Waals surface area contributed by atoms with Crippen LogP contribution in [0.25, 0.3) is 0 Å². The van der Waals surface area contributed by atoms with Crippen molar-refractivity contribution in [2.75, 3.05) is 0 Å². The lowest BCUT2D eigenvalue weighted by Crippen LogP contribution is -2.15. The highest BCUT2D eigenvalue weighted by Gasteiger charge is 2.21. The Hall–Kier alpha value is -2.09. The topological polar surface area (TPSA) is 26.3 Å². The maximum absolute atomic E-state index is 12.8. The average Bonchev–Trinajstić information content (AvgIpc) is 2.57. The summed E-state index contributed by atoms with van der Waals surface area (Å²) in [4.78, 5) is 12.8. The summed E-state index contributed by atoms with van der Waals surface area (Å²) in [7, 11) is 0. The maximum Gasteiger partial charge on any atom is 0.169 e. The fourth-order valence-corrected chi connectivity index (χ4v) is 2.57. The van der Waals surface area contributed by atoms with E-state index in [1.165, 1.54) is 0 Å². The fraction of sp³-hybridized carbons (Fsp3) is 0.350. The molecule has 0 fully saturated rings. The van der Waals surface area contributed by atoms with Gasteiger partial charge in [0.2, 0.25) is 0 Å². The second-order valence-electron chi connectivity index (χ2n) is 5.52. The van der Waals surface area contributed by atoms with Crippen LogP contribution in [-0.2, 0) is 0 Å². The number of hydrogen-bond acceptors (Lipinski definition) is 2. The minimum atomic E-state index is 0.0838. The van der Waals surface area contributed by atoms with Crippen molar-refractivity contribution in [1.82, 2.24) is 0 Å². The molecule has 0 aliphatic heterocycles. The van der Waals surface area contributed by atoms with Crippen LogP contribution in [0.1, 0.15) is 49.9 Å². The summed E-state index contributed by atoms with van der Waals surface area (Å²) in [5.74, 6) is 1.68. The predicted molar refractivity (Wildman–Crippen MR) is 90.6 cm³/mol. The SMILES string of the molecule is CCCC[C@H](CC)C(=O)c1ccccc1Oc1ccccc1. The molecule has 0 bridgehead atoms. The number of para-hydroxylation sites is 2. The Labute approximate surface area is 133 Å². The lowest BCUT2D eigenvalue weighted by molar-refractivity contribution is 0.0906. The number of benzene rings is 2. The maximum atomic E-state index is 12.8. The Morgan fingerprint density at radius 1 is 1.00 bits per heavy atom. The van der Waals surface area contributed by atoms with Gasteiger partial charge in [-0.3, -0.25) is 4.79 Å². The molecule has 0 N–H and O–H groups in total. The molecule has 0 aliphatic carbocycles. The van der Waals surface area contributed by atoms with Gasteiger partial charge in [0.05, 0.1) is 5.56 Å². The van der Waals surface area contributed by atoms with Crippen molar-refractivity contribution < 1.29 is 9.53 Å². The van der Waals surface area contributed by atoms with E-state index in [2.05, 4.69) is 13.8 Å². The summed E-state index contributed by atoms with van der Waals surface area (Å²) < 4.78 is 5.91. The van der Waals surface area contributed by atoms with E-state index in [0.717, 1.165) is 31.4 Å². The first-order chi connectivity index (χ1) is 10.8. The van der Waals surface area contributed by atoms with Gasteiger partial charge in [-0.1, -0.05) is 57.0 Å². The fourth-order valence-electron chi connectivity index (χ4n) is 2.57. The summed E-state index contributed by atoms with van der Waals surface area (Å²) in [5.41, 5.74) is 0.689. The second-order valence-corrected chi connectivity index (χ2v) is 5.52. The van der Waals surface area contributed by atoms with Crippen molar-refractivity contribution in [2.24, 2.45) is 5.92 Å². The number of ketones is 1. The quantitative estimate of drug-likeness (QED) is 0.569. The molecule has 2 aromatic rings. The third-order valence-corrected chi connectivity index (χ3v) is 3.89. The summed E-state index contributed by atoms with van der Waals surface area (Å²) in [6.45, 7) is 4.24. The van der Waals surface area contributed by atoms with E-state index in [1.807, 2.05) is 54.6 Å². The minimum Gasteiger partial charge on any atom is -0.457 e. The molecule has 0 saturated heterocycles.